The largest absolute Gasteiger partial charge is 0.493 e. The molecule has 9 nitrogen and oxygen atoms in total. The predicted octanol–water partition coefficient (Wildman–Crippen LogP) is 6.68. The Labute approximate surface area is 301 Å². The van der Waals surface area contributed by atoms with Crippen molar-refractivity contribution in [2.45, 2.75) is 38.3 Å². The SMILES string of the molecule is CCOc1ccc(C(=O)N2CCCCC2)cc1C1=N[C@@H](c2ccc(Cl)cc2)[C@@H](c2ccc(Cl)cc2)N1C(=O)N1CCN(CCS(C)=O)CC1. The number of urea groups is 1. The smallest absolute Gasteiger partial charge is 0.326 e. The van der Waals surface area contributed by atoms with Crippen molar-refractivity contribution in [1.82, 2.24) is 19.6 Å². The number of nitrogens with zero attached hydrogens (tertiary/aromatic N) is 5. The maximum atomic E-state index is 14.9. The van der Waals surface area contributed by atoms with Crippen molar-refractivity contribution in [2.24, 2.45) is 4.99 Å². The second-order valence-electron chi connectivity index (χ2n) is 12.7. The van der Waals surface area contributed by atoms with Crippen molar-refractivity contribution < 1.29 is 18.5 Å². The van der Waals surface area contributed by atoms with Crippen LogP contribution in [0.3, 0.4) is 0 Å². The minimum absolute atomic E-state index is 0.0342. The highest BCUT2D eigenvalue weighted by Gasteiger charge is 2.45. The summed E-state index contributed by atoms with van der Waals surface area (Å²) in [5.41, 5.74) is 2.90. The Bertz CT molecular complexity index is 1690. The number of carbonyl (C=O) groups excluding carboxylic acids is 2. The molecule has 1 unspecified atom stereocenters. The van der Waals surface area contributed by atoms with Gasteiger partial charge in [0, 0.05) is 84.2 Å². The summed E-state index contributed by atoms with van der Waals surface area (Å²) in [6.45, 7) is 6.89. The summed E-state index contributed by atoms with van der Waals surface area (Å²) in [6.07, 6.45) is 4.81. The Morgan fingerprint density at radius 2 is 1.47 bits per heavy atom. The minimum Gasteiger partial charge on any atom is -0.493 e. The summed E-state index contributed by atoms with van der Waals surface area (Å²) in [4.78, 5) is 41.8. The summed E-state index contributed by atoms with van der Waals surface area (Å²) in [7, 11) is -0.878. The van der Waals surface area contributed by atoms with Crippen LogP contribution in [0.2, 0.25) is 10.0 Å². The fourth-order valence-electron chi connectivity index (χ4n) is 6.83. The molecule has 0 aromatic heterocycles. The molecule has 49 heavy (non-hydrogen) atoms. The first-order valence-corrected chi connectivity index (χ1v) is 19.5. The Morgan fingerprint density at radius 3 is 2.08 bits per heavy atom. The highest BCUT2D eigenvalue weighted by molar-refractivity contribution is 7.84. The molecule has 260 valence electrons. The van der Waals surface area contributed by atoms with Gasteiger partial charge < -0.3 is 14.5 Å². The lowest BCUT2D eigenvalue weighted by Crippen LogP contribution is -2.54. The zero-order valence-electron chi connectivity index (χ0n) is 28.0. The summed E-state index contributed by atoms with van der Waals surface area (Å²) < 4.78 is 17.9. The number of amidine groups is 1. The summed E-state index contributed by atoms with van der Waals surface area (Å²) in [6, 6.07) is 19.4. The fraction of sp³-hybridized carbons (Fsp3) is 0.432. The van der Waals surface area contributed by atoms with Crippen LogP contribution in [-0.2, 0) is 10.8 Å². The van der Waals surface area contributed by atoms with Gasteiger partial charge in [0.1, 0.15) is 17.6 Å². The third-order valence-corrected chi connectivity index (χ3v) is 10.7. The molecule has 3 heterocycles. The number of piperidine rings is 1. The summed E-state index contributed by atoms with van der Waals surface area (Å²) >= 11 is 12.7. The van der Waals surface area contributed by atoms with Gasteiger partial charge in [0.15, 0.2) is 0 Å². The first kappa shape index (κ1) is 35.4. The normalized spacial score (nSPS) is 20.7. The van der Waals surface area contributed by atoms with Crippen LogP contribution in [0.5, 0.6) is 5.75 Å². The van der Waals surface area contributed by atoms with Gasteiger partial charge in [0.05, 0.1) is 18.2 Å². The molecule has 3 aliphatic heterocycles. The van der Waals surface area contributed by atoms with Gasteiger partial charge in [-0.2, -0.15) is 0 Å². The van der Waals surface area contributed by atoms with E-state index in [4.69, 9.17) is 32.9 Å². The van der Waals surface area contributed by atoms with E-state index in [0.717, 1.165) is 50.0 Å². The van der Waals surface area contributed by atoms with Crippen molar-refractivity contribution in [2.75, 3.05) is 64.4 Å². The molecule has 3 aliphatic rings. The van der Waals surface area contributed by atoms with E-state index < -0.39 is 22.9 Å². The van der Waals surface area contributed by atoms with Crippen LogP contribution in [0.1, 0.15) is 65.3 Å². The zero-order valence-corrected chi connectivity index (χ0v) is 30.4. The van der Waals surface area contributed by atoms with Gasteiger partial charge in [0.2, 0.25) is 0 Å². The molecule has 0 saturated carbocycles. The molecular weight excluding hydrogens is 681 g/mol. The molecule has 0 N–H and O–H groups in total. The minimum atomic E-state index is -0.878. The molecule has 3 amide bonds. The van der Waals surface area contributed by atoms with Crippen LogP contribution in [0.4, 0.5) is 4.79 Å². The maximum absolute atomic E-state index is 14.9. The lowest BCUT2D eigenvalue weighted by atomic mass is 9.93. The van der Waals surface area contributed by atoms with E-state index in [1.54, 1.807) is 11.2 Å². The molecule has 12 heteroatoms. The lowest BCUT2D eigenvalue weighted by molar-refractivity contribution is 0.0724. The number of amides is 3. The lowest BCUT2D eigenvalue weighted by Gasteiger charge is -2.39. The van der Waals surface area contributed by atoms with Gasteiger partial charge in [0.25, 0.3) is 5.91 Å². The van der Waals surface area contributed by atoms with Crippen LogP contribution in [0.25, 0.3) is 0 Å². The number of benzene rings is 3. The molecule has 0 spiro atoms. The average Bonchev–Trinajstić information content (AvgIpc) is 3.52. The fourth-order valence-corrected chi connectivity index (χ4v) is 7.59. The van der Waals surface area contributed by atoms with Crippen molar-refractivity contribution in [3.8, 4) is 5.75 Å². The van der Waals surface area contributed by atoms with E-state index in [-0.39, 0.29) is 11.9 Å². The van der Waals surface area contributed by atoms with Crippen LogP contribution < -0.4 is 4.74 Å². The van der Waals surface area contributed by atoms with Crippen LogP contribution in [0, 0.1) is 0 Å². The number of piperazine rings is 1. The van der Waals surface area contributed by atoms with Gasteiger partial charge in [-0.05, 0) is 79.8 Å². The van der Waals surface area contributed by atoms with Crippen molar-refractivity contribution in [3.63, 3.8) is 0 Å². The second-order valence-corrected chi connectivity index (χ2v) is 15.1. The molecule has 2 fully saturated rings. The topological polar surface area (TPSA) is 85.8 Å². The van der Waals surface area contributed by atoms with Crippen LogP contribution in [-0.4, -0.2) is 106 Å². The third kappa shape index (κ3) is 8.14. The maximum Gasteiger partial charge on any atom is 0.326 e. The quantitative estimate of drug-likeness (QED) is 0.246. The van der Waals surface area contributed by atoms with Gasteiger partial charge in [-0.25, -0.2) is 4.79 Å². The molecule has 0 bridgehead atoms. The number of likely N-dealkylation sites (tertiary alicyclic amines) is 1. The van der Waals surface area contributed by atoms with Crippen LogP contribution >= 0.6 is 23.2 Å². The number of carbonyl (C=O) groups is 2. The Morgan fingerprint density at radius 1 is 0.837 bits per heavy atom. The molecule has 2 saturated heterocycles. The summed E-state index contributed by atoms with van der Waals surface area (Å²) in [5.74, 6) is 1.57. The first-order chi connectivity index (χ1) is 23.7. The first-order valence-electron chi connectivity index (χ1n) is 17.0. The van der Waals surface area contributed by atoms with E-state index >= 15 is 0 Å². The van der Waals surface area contributed by atoms with E-state index in [0.29, 0.717) is 71.3 Å². The zero-order chi connectivity index (χ0) is 34.5. The molecule has 3 aromatic carbocycles. The molecule has 3 atom stereocenters. The third-order valence-electron chi connectivity index (χ3n) is 9.44. The molecule has 6 rings (SSSR count). The predicted molar refractivity (Wildman–Crippen MR) is 196 cm³/mol. The number of ether oxygens (including phenoxy) is 1. The monoisotopic (exact) mass is 723 g/mol. The standard InChI is InChI=1S/C37H43Cl2N5O4S/c1-3-48-32-16-11-28(36(45)42-17-5-4-6-18-42)25-31(32)35-40-33(26-7-12-29(38)13-8-26)34(27-9-14-30(39)15-10-27)44(35)37(46)43-21-19-41(20-22-43)23-24-49(2)47/h7-16,25,33-34H,3-6,17-24H2,1-2H3/t33-,34+,49?/m0/s1. The van der Waals surface area contributed by atoms with Crippen LogP contribution in [0.15, 0.2) is 71.7 Å². The Balaban J connectivity index is 1.45. The summed E-state index contributed by atoms with van der Waals surface area (Å²) in [5, 5.41) is 1.20. The highest BCUT2D eigenvalue weighted by Crippen LogP contribution is 2.45. The van der Waals surface area contributed by atoms with E-state index in [1.807, 2.05) is 83.5 Å². The number of hydrogen-bond acceptors (Lipinski definition) is 6. The van der Waals surface area contributed by atoms with Gasteiger partial charge in [-0.1, -0.05) is 47.5 Å². The molecular formula is C37H43Cl2N5O4S. The molecule has 0 radical (unpaired) electrons. The van der Waals surface area contributed by atoms with Gasteiger partial charge >= 0.3 is 6.03 Å². The number of hydrogen-bond donors (Lipinski definition) is 0. The highest BCUT2D eigenvalue weighted by atomic mass is 35.5. The van der Waals surface area contributed by atoms with E-state index in [9.17, 15) is 13.8 Å². The van der Waals surface area contributed by atoms with Crippen molar-refractivity contribution >= 4 is 51.8 Å². The number of halogens is 2. The van der Waals surface area contributed by atoms with Gasteiger partial charge in [-0.3, -0.25) is 23.8 Å². The number of aliphatic imine (C=N–C) groups is 1. The van der Waals surface area contributed by atoms with Crippen molar-refractivity contribution in [1.29, 1.82) is 0 Å². The molecule has 3 aromatic rings. The van der Waals surface area contributed by atoms with Crippen molar-refractivity contribution in [3.05, 3.63) is 99.0 Å². The van der Waals surface area contributed by atoms with Gasteiger partial charge in [-0.15, -0.1) is 0 Å². The molecule has 0 aliphatic carbocycles. The van der Waals surface area contributed by atoms with E-state index in [1.165, 1.54) is 0 Å². The average molecular weight is 725 g/mol. The second kappa shape index (κ2) is 16.1. The number of rotatable bonds is 9. The Kier molecular flexibility index (Phi) is 11.6. The van der Waals surface area contributed by atoms with E-state index in [2.05, 4.69) is 4.90 Å². The Hall–Kier alpha value is -3.44.